The second-order valence-corrected chi connectivity index (χ2v) is 15.6. The molecule has 0 aliphatic heterocycles. The van der Waals surface area contributed by atoms with Gasteiger partial charge in [0.25, 0.3) is 0 Å². The first kappa shape index (κ1) is 30.0. The van der Waals surface area contributed by atoms with E-state index in [1.807, 2.05) is 6.07 Å². The third kappa shape index (κ3) is 5.89. The fourth-order valence-corrected chi connectivity index (χ4v) is 7.93. The van der Waals surface area contributed by atoms with E-state index in [0.29, 0.717) is 5.75 Å². The van der Waals surface area contributed by atoms with Gasteiger partial charge in [-0.25, -0.2) is 0 Å². The summed E-state index contributed by atoms with van der Waals surface area (Å²) in [6.45, 7) is 24.0. The minimum absolute atomic E-state index is 0.115. The van der Waals surface area contributed by atoms with Gasteiger partial charge in [-0.3, -0.25) is 0 Å². The molecule has 0 saturated heterocycles. The van der Waals surface area contributed by atoms with Gasteiger partial charge in [-0.1, -0.05) is 92.6 Å². The minimum atomic E-state index is -1.24. The molecule has 0 radical (unpaired) electrons. The van der Waals surface area contributed by atoms with Crippen molar-refractivity contribution < 1.29 is 14.6 Å². The average molecular weight is 535 g/mol. The van der Waals surface area contributed by atoms with Crippen LogP contribution in [0, 0.1) is 13.8 Å². The Labute approximate surface area is 232 Å². The summed E-state index contributed by atoms with van der Waals surface area (Å²) in [5.74, 6) is 2.12. The molecule has 3 aromatic carbocycles. The SMILES string of the molecule is COc1c(P(c2cccc(C(C)(C)C)c2O)c2cc(C)cc(C(C)(C)C)c2OC)cc(C)cc1C(C)(C)C. The van der Waals surface area contributed by atoms with Crippen molar-refractivity contribution in [2.75, 3.05) is 14.2 Å². The third-order valence-electron chi connectivity index (χ3n) is 7.00. The number of rotatable bonds is 5. The van der Waals surface area contributed by atoms with E-state index in [1.54, 1.807) is 14.2 Å². The fraction of sp³-hybridized carbons (Fsp3) is 0.471. The number of phenols is 1. The summed E-state index contributed by atoms with van der Waals surface area (Å²) in [7, 11) is 2.28. The standard InChI is InChI=1S/C34H47O3P/c1-21-17-24(33(6,7)8)30(36-12)27(19-21)38(26-16-14-15-23(29(26)35)32(3,4)5)28-20-22(2)18-25(31(28)37-13)34(9,10)11/h14-20,35H,1-13H3. The molecule has 0 aliphatic rings. The van der Waals surface area contributed by atoms with Crippen molar-refractivity contribution in [3.8, 4) is 17.2 Å². The molecule has 0 saturated carbocycles. The van der Waals surface area contributed by atoms with Gasteiger partial charge in [0.2, 0.25) is 0 Å². The van der Waals surface area contributed by atoms with E-state index < -0.39 is 7.92 Å². The zero-order valence-electron chi connectivity index (χ0n) is 25.8. The van der Waals surface area contributed by atoms with Gasteiger partial charge < -0.3 is 14.6 Å². The zero-order valence-corrected chi connectivity index (χ0v) is 26.6. The number of aromatic hydroxyl groups is 1. The van der Waals surface area contributed by atoms with E-state index in [2.05, 4.69) is 113 Å². The summed E-state index contributed by atoms with van der Waals surface area (Å²) in [4.78, 5) is 0. The van der Waals surface area contributed by atoms with Crippen LogP contribution in [0.15, 0.2) is 42.5 Å². The highest BCUT2D eigenvalue weighted by Gasteiger charge is 2.34. The lowest BCUT2D eigenvalue weighted by molar-refractivity contribution is 0.400. The Hall–Kier alpha value is -2.51. The quantitative estimate of drug-likeness (QED) is 0.341. The predicted molar refractivity (Wildman–Crippen MR) is 165 cm³/mol. The normalized spacial score (nSPS) is 12.7. The molecule has 38 heavy (non-hydrogen) atoms. The highest BCUT2D eigenvalue weighted by atomic mass is 31.1. The van der Waals surface area contributed by atoms with E-state index in [-0.39, 0.29) is 16.2 Å². The second-order valence-electron chi connectivity index (χ2n) is 13.5. The molecular weight excluding hydrogens is 487 g/mol. The minimum Gasteiger partial charge on any atom is -0.507 e. The van der Waals surface area contributed by atoms with Gasteiger partial charge in [0.1, 0.15) is 17.2 Å². The molecule has 3 rings (SSSR count). The Morgan fingerprint density at radius 2 is 0.974 bits per heavy atom. The first-order valence-electron chi connectivity index (χ1n) is 13.4. The number of aryl methyl sites for hydroxylation is 2. The largest absolute Gasteiger partial charge is 0.507 e. The van der Waals surface area contributed by atoms with Crippen LogP contribution in [0.1, 0.15) is 90.1 Å². The van der Waals surface area contributed by atoms with E-state index in [4.69, 9.17) is 9.47 Å². The summed E-state index contributed by atoms with van der Waals surface area (Å²) in [5.41, 5.74) is 5.17. The van der Waals surface area contributed by atoms with Crippen molar-refractivity contribution in [1.82, 2.24) is 0 Å². The molecule has 206 valence electrons. The molecule has 3 nitrogen and oxygen atoms in total. The molecule has 3 aromatic rings. The maximum Gasteiger partial charge on any atom is 0.130 e. The molecule has 0 amide bonds. The summed E-state index contributed by atoms with van der Waals surface area (Å²) < 4.78 is 12.4. The van der Waals surface area contributed by atoms with Crippen molar-refractivity contribution in [3.63, 3.8) is 0 Å². The first-order valence-corrected chi connectivity index (χ1v) is 14.8. The molecule has 0 spiro atoms. The molecular formula is C34H47O3P. The van der Waals surface area contributed by atoms with Crippen LogP contribution in [0.5, 0.6) is 17.2 Å². The maximum absolute atomic E-state index is 11.9. The van der Waals surface area contributed by atoms with Gasteiger partial charge in [0.15, 0.2) is 0 Å². The number of hydrogen-bond donors (Lipinski definition) is 1. The monoisotopic (exact) mass is 534 g/mol. The van der Waals surface area contributed by atoms with Crippen molar-refractivity contribution in [1.29, 1.82) is 0 Å². The van der Waals surface area contributed by atoms with Gasteiger partial charge in [-0.05, 0) is 66.8 Å². The van der Waals surface area contributed by atoms with E-state index >= 15 is 0 Å². The summed E-state index contributed by atoms with van der Waals surface area (Å²) >= 11 is 0. The van der Waals surface area contributed by atoms with Gasteiger partial charge >= 0.3 is 0 Å². The average Bonchev–Trinajstić information content (AvgIpc) is 2.77. The number of methoxy groups -OCH3 is 2. The lowest BCUT2D eigenvalue weighted by atomic mass is 9.85. The number of phenolic OH excluding ortho intramolecular Hbond substituents is 1. The predicted octanol–water partition coefficient (Wildman–Crippen LogP) is 7.68. The second kappa shape index (κ2) is 10.6. The Bertz CT molecular complexity index is 1250. The van der Waals surface area contributed by atoms with Crippen LogP contribution in [0.4, 0.5) is 0 Å². The van der Waals surface area contributed by atoms with Gasteiger partial charge in [-0.2, -0.15) is 0 Å². The topological polar surface area (TPSA) is 38.7 Å². The maximum atomic E-state index is 11.9. The van der Waals surface area contributed by atoms with Gasteiger partial charge in [-0.15, -0.1) is 0 Å². The Kier molecular flexibility index (Phi) is 8.36. The summed E-state index contributed by atoms with van der Waals surface area (Å²) in [6, 6.07) is 15.1. The molecule has 0 bridgehead atoms. The first-order chi connectivity index (χ1) is 17.4. The lowest BCUT2D eigenvalue weighted by Gasteiger charge is -2.32. The summed E-state index contributed by atoms with van der Waals surface area (Å²) in [6.07, 6.45) is 0. The molecule has 4 heteroatoms. The van der Waals surface area contributed by atoms with Crippen LogP contribution in [0.25, 0.3) is 0 Å². The lowest BCUT2D eigenvalue weighted by Crippen LogP contribution is -2.29. The molecule has 0 aromatic heterocycles. The Morgan fingerprint density at radius 1 is 0.579 bits per heavy atom. The van der Waals surface area contributed by atoms with Crippen molar-refractivity contribution in [2.45, 2.75) is 92.4 Å². The summed E-state index contributed by atoms with van der Waals surface area (Å²) in [5, 5.41) is 15.0. The van der Waals surface area contributed by atoms with E-state index in [9.17, 15) is 5.11 Å². The molecule has 1 N–H and O–H groups in total. The van der Waals surface area contributed by atoms with Crippen LogP contribution >= 0.6 is 7.92 Å². The zero-order chi connectivity index (χ0) is 28.8. The third-order valence-corrected chi connectivity index (χ3v) is 9.47. The Morgan fingerprint density at radius 3 is 1.32 bits per heavy atom. The molecule has 0 fully saturated rings. The molecule has 0 aliphatic carbocycles. The van der Waals surface area contributed by atoms with Crippen LogP contribution in [-0.2, 0) is 16.2 Å². The van der Waals surface area contributed by atoms with Crippen molar-refractivity contribution in [2.24, 2.45) is 0 Å². The van der Waals surface area contributed by atoms with Crippen LogP contribution in [0.2, 0.25) is 0 Å². The number of para-hydroxylation sites is 1. The number of ether oxygens (including phenoxy) is 2. The number of hydrogen-bond acceptors (Lipinski definition) is 3. The molecule has 0 atom stereocenters. The van der Waals surface area contributed by atoms with E-state index in [1.165, 1.54) is 11.1 Å². The van der Waals surface area contributed by atoms with Crippen molar-refractivity contribution in [3.05, 3.63) is 70.3 Å². The van der Waals surface area contributed by atoms with E-state index in [0.717, 1.165) is 44.1 Å². The highest BCUT2D eigenvalue weighted by Crippen LogP contribution is 2.48. The Balaban J connectivity index is 2.59. The smallest absolute Gasteiger partial charge is 0.130 e. The number of benzene rings is 3. The van der Waals surface area contributed by atoms with Crippen LogP contribution in [0.3, 0.4) is 0 Å². The van der Waals surface area contributed by atoms with Crippen LogP contribution < -0.4 is 25.4 Å². The molecule has 0 heterocycles. The molecule has 0 unspecified atom stereocenters. The van der Waals surface area contributed by atoms with Crippen LogP contribution in [-0.4, -0.2) is 19.3 Å². The fourth-order valence-electron chi connectivity index (χ4n) is 5.09. The van der Waals surface area contributed by atoms with Gasteiger partial charge in [0, 0.05) is 27.0 Å². The van der Waals surface area contributed by atoms with Crippen molar-refractivity contribution >= 4 is 23.8 Å². The highest BCUT2D eigenvalue weighted by molar-refractivity contribution is 7.80. The van der Waals surface area contributed by atoms with Gasteiger partial charge in [0.05, 0.1) is 14.2 Å².